The molecule has 4 aliphatic rings. The molecule has 0 saturated heterocycles. The number of benzene rings is 1. The van der Waals surface area contributed by atoms with Gasteiger partial charge in [0.1, 0.15) is 0 Å². The Bertz CT molecular complexity index is 636. The van der Waals surface area contributed by atoms with E-state index in [9.17, 15) is 13.2 Å². The highest BCUT2D eigenvalue weighted by atomic mass is 19.4. The van der Waals surface area contributed by atoms with Crippen LogP contribution in [0.4, 0.5) is 13.2 Å². The van der Waals surface area contributed by atoms with Gasteiger partial charge < -0.3 is 5.32 Å². The Morgan fingerprint density at radius 1 is 1.17 bits per heavy atom. The van der Waals surface area contributed by atoms with E-state index in [2.05, 4.69) is 5.32 Å². The Balaban J connectivity index is 1.29. The lowest BCUT2D eigenvalue weighted by molar-refractivity contribution is -0.138. The third kappa shape index (κ3) is 1.84. The van der Waals surface area contributed by atoms with Crippen LogP contribution in [0.3, 0.4) is 0 Å². The maximum absolute atomic E-state index is 13.1. The van der Waals surface area contributed by atoms with E-state index in [-0.39, 0.29) is 0 Å². The SMILES string of the molecule is FC(F)(F)c1ccccc1CN[C@@H]1C[C@@H]2C[C@H]1[C@@H]1[C@@H]3CCC[C@]213. The molecule has 4 heteroatoms. The van der Waals surface area contributed by atoms with Crippen LogP contribution in [-0.4, -0.2) is 6.04 Å². The van der Waals surface area contributed by atoms with E-state index in [1.165, 1.54) is 44.2 Å². The minimum absolute atomic E-state index is 0.341. The molecule has 1 aromatic rings. The summed E-state index contributed by atoms with van der Waals surface area (Å²) in [5, 5.41) is 3.48. The van der Waals surface area contributed by atoms with Crippen LogP contribution in [0.5, 0.6) is 0 Å². The Morgan fingerprint density at radius 3 is 2.83 bits per heavy atom. The van der Waals surface area contributed by atoms with Crippen LogP contribution in [0, 0.1) is 29.1 Å². The monoisotopic (exact) mass is 321 g/mol. The summed E-state index contributed by atoms with van der Waals surface area (Å²) in [5.74, 6) is 3.43. The van der Waals surface area contributed by atoms with Gasteiger partial charge in [-0.25, -0.2) is 0 Å². The van der Waals surface area contributed by atoms with Crippen molar-refractivity contribution in [2.45, 2.75) is 50.9 Å². The predicted molar refractivity (Wildman–Crippen MR) is 81.5 cm³/mol. The molecular weight excluding hydrogens is 299 g/mol. The molecule has 2 bridgehead atoms. The van der Waals surface area contributed by atoms with Crippen LogP contribution in [0.15, 0.2) is 24.3 Å². The molecule has 124 valence electrons. The molecule has 1 spiro atoms. The maximum atomic E-state index is 13.1. The maximum Gasteiger partial charge on any atom is 0.416 e. The molecule has 5 rings (SSSR count). The van der Waals surface area contributed by atoms with Crippen molar-refractivity contribution >= 4 is 0 Å². The lowest BCUT2D eigenvalue weighted by Gasteiger charge is -2.28. The summed E-state index contributed by atoms with van der Waals surface area (Å²) in [7, 11) is 0. The molecule has 1 nitrogen and oxygen atoms in total. The van der Waals surface area contributed by atoms with E-state index in [4.69, 9.17) is 0 Å². The van der Waals surface area contributed by atoms with Gasteiger partial charge in [-0.3, -0.25) is 0 Å². The van der Waals surface area contributed by atoms with Crippen LogP contribution >= 0.6 is 0 Å². The molecule has 1 N–H and O–H groups in total. The van der Waals surface area contributed by atoms with Crippen LogP contribution < -0.4 is 5.32 Å². The van der Waals surface area contributed by atoms with Gasteiger partial charge in [0, 0.05) is 12.6 Å². The Hall–Kier alpha value is -1.03. The van der Waals surface area contributed by atoms with Gasteiger partial charge in [-0.15, -0.1) is 0 Å². The number of nitrogens with one attached hydrogen (secondary N) is 1. The second-order valence-corrected chi connectivity index (χ2v) is 8.11. The van der Waals surface area contributed by atoms with E-state index in [1.54, 1.807) is 12.1 Å². The first-order chi connectivity index (χ1) is 11.0. The van der Waals surface area contributed by atoms with Gasteiger partial charge >= 0.3 is 6.18 Å². The molecule has 0 heterocycles. The van der Waals surface area contributed by atoms with Gasteiger partial charge in [-0.05, 0) is 66.4 Å². The zero-order valence-electron chi connectivity index (χ0n) is 13.1. The van der Waals surface area contributed by atoms with Gasteiger partial charge in [0.05, 0.1) is 5.56 Å². The van der Waals surface area contributed by atoms with Gasteiger partial charge in [0.15, 0.2) is 0 Å². The van der Waals surface area contributed by atoms with E-state index in [1.807, 2.05) is 0 Å². The van der Waals surface area contributed by atoms with Crippen molar-refractivity contribution in [3.05, 3.63) is 35.4 Å². The third-order valence-electron chi connectivity index (χ3n) is 7.47. The van der Waals surface area contributed by atoms with Crippen molar-refractivity contribution in [1.82, 2.24) is 5.32 Å². The molecule has 6 atom stereocenters. The van der Waals surface area contributed by atoms with Crippen molar-refractivity contribution < 1.29 is 13.2 Å². The first-order valence-corrected chi connectivity index (χ1v) is 8.90. The smallest absolute Gasteiger partial charge is 0.310 e. The van der Waals surface area contributed by atoms with Crippen molar-refractivity contribution in [2.75, 3.05) is 0 Å². The molecule has 23 heavy (non-hydrogen) atoms. The van der Waals surface area contributed by atoms with Crippen LogP contribution in [0.1, 0.15) is 43.2 Å². The van der Waals surface area contributed by atoms with Crippen LogP contribution in [-0.2, 0) is 12.7 Å². The fraction of sp³-hybridized carbons (Fsp3) is 0.684. The van der Waals surface area contributed by atoms with Crippen LogP contribution in [0.2, 0.25) is 0 Å². The summed E-state index contributed by atoms with van der Waals surface area (Å²) in [6.45, 7) is 0.341. The van der Waals surface area contributed by atoms with Crippen molar-refractivity contribution in [2.24, 2.45) is 29.1 Å². The lowest BCUT2D eigenvalue weighted by atomic mass is 9.83. The normalized spacial score (nSPS) is 43.5. The minimum Gasteiger partial charge on any atom is -0.310 e. The molecule has 0 unspecified atom stereocenters. The first kappa shape index (κ1) is 14.3. The number of rotatable bonds is 3. The predicted octanol–water partition coefficient (Wildman–Crippen LogP) is 4.62. The van der Waals surface area contributed by atoms with Gasteiger partial charge in [0.25, 0.3) is 0 Å². The largest absolute Gasteiger partial charge is 0.416 e. The number of fused-ring (bicyclic) bond motifs is 4. The van der Waals surface area contributed by atoms with Crippen molar-refractivity contribution in [1.29, 1.82) is 0 Å². The number of hydrogen-bond donors (Lipinski definition) is 1. The topological polar surface area (TPSA) is 12.0 Å². The molecule has 4 aliphatic carbocycles. The first-order valence-electron chi connectivity index (χ1n) is 8.90. The second kappa shape index (κ2) is 4.53. The molecule has 0 radical (unpaired) electrons. The minimum atomic E-state index is -4.26. The average Bonchev–Trinajstić information content (AvgIpc) is 2.93. The molecule has 4 fully saturated rings. The molecule has 4 saturated carbocycles. The Morgan fingerprint density at radius 2 is 2.00 bits per heavy atom. The van der Waals surface area contributed by atoms with Crippen LogP contribution in [0.25, 0.3) is 0 Å². The second-order valence-electron chi connectivity index (χ2n) is 8.11. The summed E-state index contributed by atoms with van der Waals surface area (Å²) in [4.78, 5) is 0. The quantitative estimate of drug-likeness (QED) is 0.856. The molecule has 0 amide bonds. The van der Waals surface area contributed by atoms with Gasteiger partial charge in [-0.2, -0.15) is 13.2 Å². The summed E-state index contributed by atoms with van der Waals surface area (Å²) in [6.07, 6.45) is 2.48. The number of alkyl halides is 3. The van der Waals surface area contributed by atoms with Crippen molar-refractivity contribution in [3.63, 3.8) is 0 Å². The summed E-state index contributed by atoms with van der Waals surface area (Å²) in [5.41, 5.74) is 0.580. The van der Waals surface area contributed by atoms with Gasteiger partial charge in [0.2, 0.25) is 0 Å². The Labute approximate surface area is 134 Å². The Kier molecular flexibility index (Phi) is 2.82. The molecule has 0 aliphatic heterocycles. The van der Waals surface area contributed by atoms with Crippen molar-refractivity contribution in [3.8, 4) is 0 Å². The standard InChI is InChI=1S/C19H22F3N/c20-19(21,22)14-5-2-1-4-11(14)10-23-16-9-12-8-13(16)17-15-6-3-7-18(12,15)17/h1-2,4-5,12-13,15-17,23H,3,6-10H2/t12-,13+,15-,16+,17+,18+/m0/s1. The summed E-state index contributed by atoms with van der Waals surface area (Å²) in [6, 6.07) is 6.41. The fourth-order valence-corrected chi connectivity index (χ4v) is 6.81. The highest BCUT2D eigenvalue weighted by Gasteiger charge is 2.78. The van der Waals surface area contributed by atoms with E-state index in [0.29, 0.717) is 23.6 Å². The highest BCUT2D eigenvalue weighted by molar-refractivity contribution is 5.31. The molecule has 1 aromatic carbocycles. The number of halogens is 3. The number of hydrogen-bond acceptors (Lipinski definition) is 1. The molecular formula is C19H22F3N. The van der Waals surface area contributed by atoms with E-state index < -0.39 is 11.7 Å². The zero-order chi connectivity index (χ0) is 15.8. The fourth-order valence-electron chi connectivity index (χ4n) is 6.81. The lowest BCUT2D eigenvalue weighted by Crippen LogP contribution is -2.36. The van der Waals surface area contributed by atoms with E-state index >= 15 is 0 Å². The van der Waals surface area contributed by atoms with Gasteiger partial charge in [-0.1, -0.05) is 24.6 Å². The zero-order valence-corrected chi connectivity index (χ0v) is 13.1. The average molecular weight is 321 g/mol. The highest BCUT2D eigenvalue weighted by Crippen LogP contribution is 2.83. The summed E-state index contributed by atoms with van der Waals surface area (Å²) >= 11 is 0. The third-order valence-corrected chi connectivity index (χ3v) is 7.47. The van der Waals surface area contributed by atoms with E-state index in [0.717, 1.165) is 23.7 Å². The molecule has 0 aromatic heterocycles. The summed E-state index contributed by atoms with van der Waals surface area (Å²) < 4.78 is 39.3.